The summed E-state index contributed by atoms with van der Waals surface area (Å²) in [5.41, 5.74) is 8.61. The van der Waals surface area contributed by atoms with Gasteiger partial charge < -0.3 is 16.2 Å². The molecule has 178 valence electrons. The Morgan fingerprint density at radius 2 is 1.74 bits per heavy atom. The van der Waals surface area contributed by atoms with E-state index in [2.05, 4.69) is 20.3 Å². The number of nitrogens with two attached hydrogens (primary N) is 1. The van der Waals surface area contributed by atoms with Gasteiger partial charge in [0.2, 0.25) is 5.95 Å². The molecule has 0 fully saturated rings. The predicted molar refractivity (Wildman–Crippen MR) is 133 cm³/mol. The summed E-state index contributed by atoms with van der Waals surface area (Å²) in [5.74, 6) is -0.683. The number of benzene rings is 2. The van der Waals surface area contributed by atoms with Crippen molar-refractivity contribution in [3.05, 3.63) is 90.3 Å². The molecule has 0 aliphatic heterocycles. The van der Waals surface area contributed by atoms with Gasteiger partial charge in [-0.1, -0.05) is 44.2 Å². The minimum absolute atomic E-state index is 0.0641. The van der Waals surface area contributed by atoms with Gasteiger partial charge in [-0.2, -0.15) is 0 Å². The minimum atomic E-state index is -0.403. The SMILES string of the molecule is CC(C)(CNC(=O)c1ccccc1O)Cc1ncccc1-c1ccc(-c2cnc(N)nc2)c(F)c1. The van der Waals surface area contributed by atoms with Gasteiger partial charge in [0.25, 0.3) is 5.91 Å². The molecular formula is C27H26FN5O2. The molecule has 0 bridgehead atoms. The molecular weight excluding hydrogens is 445 g/mol. The molecule has 0 saturated carbocycles. The van der Waals surface area contributed by atoms with Gasteiger partial charge in [0, 0.05) is 47.5 Å². The van der Waals surface area contributed by atoms with Crippen molar-refractivity contribution in [2.75, 3.05) is 12.3 Å². The topological polar surface area (TPSA) is 114 Å². The number of pyridine rings is 1. The van der Waals surface area contributed by atoms with Crippen LogP contribution in [-0.4, -0.2) is 32.5 Å². The second kappa shape index (κ2) is 9.89. The standard InChI is InChI=1S/C27H26FN5O2/c1-27(2,16-33-25(35)21-6-3-4-8-24(21)34)13-23-20(7-5-11-30-23)17-9-10-19(22(28)12-17)18-14-31-26(29)32-15-18/h3-12,14-15,34H,13,16H2,1-2H3,(H,33,35)(H2,29,31,32). The van der Waals surface area contributed by atoms with Gasteiger partial charge in [-0.05, 0) is 41.7 Å². The lowest BCUT2D eigenvalue weighted by molar-refractivity contribution is 0.0933. The van der Waals surface area contributed by atoms with Crippen molar-refractivity contribution in [1.82, 2.24) is 20.3 Å². The number of aromatic hydroxyl groups is 1. The number of aromatic nitrogens is 3. The summed E-state index contributed by atoms with van der Waals surface area (Å²) in [6.07, 6.45) is 5.22. The van der Waals surface area contributed by atoms with E-state index in [0.29, 0.717) is 29.7 Å². The first-order valence-electron chi connectivity index (χ1n) is 11.1. The molecule has 2 aromatic carbocycles. The van der Waals surface area contributed by atoms with E-state index in [1.807, 2.05) is 32.0 Å². The number of anilines is 1. The maximum absolute atomic E-state index is 15.0. The maximum Gasteiger partial charge on any atom is 0.255 e. The van der Waals surface area contributed by atoms with E-state index in [1.54, 1.807) is 30.5 Å². The van der Waals surface area contributed by atoms with Crippen LogP contribution in [0.5, 0.6) is 5.75 Å². The largest absolute Gasteiger partial charge is 0.507 e. The molecule has 2 heterocycles. The van der Waals surface area contributed by atoms with E-state index < -0.39 is 5.82 Å². The maximum atomic E-state index is 15.0. The summed E-state index contributed by atoms with van der Waals surface area (Å²) >= 11 is 0. The smallest absolute Gasteiger partial charge is 0.255 e. The highest BCUT2D eigenvalue weighted by Gasteiger charge is 2.23. The van der Waals surface area contributed by atoms with Crippen LogP contribution in [0.2, 0.25) is 0 Å². The lowest BCUT2D eigenvalue weighted by atomic mass is 9.85. The third-order valence-corrected chi connectivity index (χ3v) is 5.68. The summed E-state index contributed by atoms with van der Waals surface area (Å²) in [7, 11) is 0. The van der Waals surface area contributed by atoms with E-state index >= 15 is 4.39 Å². The van der Waals surface area contributed by atoms with Gasteiger partial charge in [-0.3, -0.25) is 9.78 Å². The predicted octanol–water partition coefficient (Wildman–Crippen LogP) is 4.63. The monoisotopic (exact) mass is 471 g/mol. The number of para-hydroxylation sites is 1. The zero-order valence-electron chi connectivity index (χ0n) is 19.5. The van der Waals surface area contributed by atoms with Crippen LogP contribution in [0.4, 0.5) is 10.3 Å². The molecule has 8 heteroatoms. The zero-order chi connectivity index (χ0) is 25.0. The molecule has 0 saturated heterocycles. The van der Waals surface area contributed by atoms with Gasteiger partial charge >= 0.3 is 0 Å². The number of halogens is 1. The number of nitrogen functional groups attached to an aromatic ring is 1. The molecule has 0 radical (unpaired) electrons. The van der Waals surface area contributed by atoms with E-state index in [4.69, 9.17) is 5.73 Å². The van der Waals surface area contributed by atoms with Crippen LogP contribution in [0.1, 0.15) is 29.9 Å². The van der Waals surface area contributed by atoms with Crippen molar-refractivity contribution < 1.29 is 14.3 Å². The van der Waals surface area contributed by atoms with Crippen LogP contribution < -0.4 is 11.1 Å². The number of nitrogens with one attached hydrogen (secondary N) is 1. The molecule has 35 heavy (non-hydrogen) atoms. The van der Waals surface area contributed by atoms with Crippen molar-refractivity contribution >= 4 is 11.9 Å². The van der Waals surface area contributed by atoms with Crippen LogP contribution >= 0.6 is 0 Å². The molecule has 4 rings (SSSR count). The number of carbonyl (C=O) groups excluding carboxylic acids is 1. The fourth-order valence-electron chi connectivity index (χ4n) is 3.83. The van der Waals surface area contributed by atoms with Crippen LogP contribution in [0.3, 0.4) is 0 Å². The van der Waals surface area contributed by atoms with Gasteiger partial charge in [0.1, 0.15) is 11.6 Å². The Morgan fingerprint density at radius 1 is 1.00 bits per heavy atom. The number of phenolic OH excluding ortho intramolecular Hbond substituents is 1. The number of nitrogens with zero attached hydrogens (tertiary/aromatic N) is 3. The fourth-order valence-corrected chi connectivity index (χ4v) is 3.83. The van der Waals surface area contributed by atoms with Gasteiger partial charge in [0.05, 0.1) is 5.56 Å². The Bertz CT molecular complexity index is 1360. The Balaban J connectivity index is 1.53. The average molecular weight is 472 g/mol. The van der Waals surface area contributed by atoms with Crippen molar-refractivity contribution in [2.24, 2.45) is 5.41 Å². The highest BCUT2D eigenvalue weighted by molar-refractivity contribution is 5.96. The molecule has 1 amide bonds. The number of rotatable bonds is 7. The van der Waals surface area contributed by atoms with E-state index in [1.165, 1.54) is 24.5 Å². The van der Waals surface area contributed by atoms with E-state index in [0.717, 1.165) is 11.3 Å². The van der Waals surface area contributed by atoms with Crippen LogP contribution in [0.25, 0.3) is 22.3 Å². The lowest BCUT2D eigenvalue weighted by Gasteiger charge is -2.26. The van der Waals surface area contributed by atoms with Gasteiger partial charge in [0.15, 0.2) is 0 Å². The molecule has 0 aliphatic rings. The quantitative estimate of drug-likeness (QED) is 0.362. The summed E-state index contributed by atoms with van der Waals surface area (Å²) in [5, 5.41) is 12.8. The number of phenols is 1. The van der Waals surface area contributed by atoms with Gasteiger partial charge in [-0.15, -0.1) is 0 Å². The highest BCUT2D eigenvalue weighted by Crippen LogP contribution is 2.31. The van der Waals surface area contributed by atoms with Crippen molar-refractivity contribution in [3.8, 4) is 28.0 Å². The highest BCUT2D eigenvalue weighted by atomic mass is 19.1. The summed E-state index contributed by atoms with van der Waals surface area (Å²) < 4.78 is 15.0. The Labute approximate surface area is 202 Å². The molecule has 0 aliphatic carbocycles. The molecule has 4 N–H and O–H groups in total. The lowest BCUT2D eigenvalue weighted by Crippen LogP contribution is -2.35. The van der Waals surface area contributed by atoms with E-state index in [-0.39, 0.29) is 28.6 Å². The Morgan fingerprint density at radius 3 is 2.46 bits per heavy atom. The molecule has 0 atom stereocenters. The van der Waals surface area contributed by atoms with Gasteiger partial charge in [-0.25, -0.2) is 14.4 Å². The molecule has 7 nitrogen and oxygen atoms in total. The zero-order valence-corrected chi connectivity index (χ0v) is 19.5. The number of hydrogen-bond donors (Lipinski definition) is 3. The average Bonchev–Trinajstić information content (AvgIpc) is 2.84. The van der Waals surface area contributed by atoms with Crippen molar-refractivity contribution in [1.29, 1.82) is 0 Å². The first-order chi connectivity index (χ1) is 16.7. The normalized spacial score (nSPS) is 11.3. The van der Waals surface area contributed by atoms with Crippen molar-refractivity contribution in [3.63, 3.8) is 0 Å². The number of carbonyl (C=O) groups is 1. The van der Waals surface area contributed by atoms with E-state index in [9.17, 15) is 9.90 Å². The fraction of sp³-hybridized carbons (Fsp3) is 0.185. The Kier molecular flexibility index (Phi) is 6.73. The van der Waals surface area contributed by atoms with Crippen LogP contribution in [0, 0.1) is 11.2 Å². The number of hydrogen-bond acceptors (Lipinski definition) is 6. The van der Waals surface area contributed by atoms with Crippen LogP contribution in [0.15, 0.2) is 73.2 Å². The minimum Gasteiger partial charge on any atom is -0.507 e. The molecule has 0 unspecified atom stereocenters. The Hall–Kier alpha value is -4.33. The summed E-state index contributed by atoms with van der Waals surface area (Å²) in [6.45, 7) is 4.39. The van der Waals surface area contributed by atoms with Crippen molar-refractivity contribution in [2.45, 2.75) is 20.3 Å². The first-order valence-corrected chi connectivity index (χ1v) is 11.1. The molecule has 4 aromatic rings. The third kappa shape index (κ3) is 5.60. The molecule has 0 spiro atoms. The third-order valence-electron chi connectivity index (χ3n) is 5.68. The number of amides is 1. The first kappa shape index (κ1) is 23.8. The summed E-state index contributed by atoms with van der Waals surface area (Å²) in [6, 6.07) is 15.1. The molecule has 2 aromatic heterocycles. The second-order valence-electron chi connectivity index (χ2n) is 9.06. The second-order valence-corrected chi connectivity index (χ2v) is 9.06. The van der Waals surface area contributed by atoms with Crippen LogP contribution in [-0.2, 0) is 6.42 Å². The summed E-state index contributed by atoms with van der Waals surface area (Å²) in [4.78, 5) is 24.9.